The summed E-state index contributed by atoms with van der Waals surface area (Å²) in [5, 5.41) is 3.24. The van der Waals surface area contributed by atoms with Gasteiger partial charge in [-0.25, -0.2) is 4.79 Å². The van der Waals surface area contributed by atoms with Gasteiger partial charge in [0.15, 0.2) is 5.76 Å². The van der Waals surface area contributed by atoms with E-state index in [0.717, 1.165) is 0 Å². The number of methoxy groups -OCH3 is 1. The first-order valence-electron chi connectivity index (χ1n) is 8.02. The second kappa shape index (κ2) is 6.45. The zero-order chi connectivity index (χ0) is 19.0. The van der Waals surface area contributed by atoms with E-state index in [0.29, 0.717) is 22.2 Å². The Morgan fingerprint density at radius 3 is 2.44 bits per heavy atom. The number of anilines is 1. The van der Waals surface area contributed by atoms with Gasteiger partial charge in [-0.3, -0.25) is 9.59 Å². The second-order valence-electron chi connectivity index (χ2n) is 5.76. The van der Waals surface area contributed by atoms with Gasteiger partial charge in [-0.1, -0.05) is 12.1 Å². The Bertz CT molecular complexity index is 1230. The molecule has 0 unspecified atom stereocenters. The summed E-state index contributed by atoms with van der Waals surface area (Å²) >= 11 is 0. The van der Waals surface area contributed by atoms with Gasteiger partial charge in [-0.05, 0) is 36.4 Å². The van der Waals surface area contributed by atoms with E-state index < -0.39 is 11.9 Å². The number of nitrogens with one attached hydrogen (secondary N) is 1. The topological polar surface area (TPSA) is 98.8 Å². The molecule has 0 spiro atoms. The summed E-state index contributed by atoms with van der Waals surface area (Å²) in [7, 11) is 1.29. The number of para-hydroxylation sites is 1. The van der Waals surface area contributed by atoms with Crippen molar-refractivity contribution in [1.82, 2.24) is 0 Å². The predicted molar refractivity (Wildman–Crippen MR) is 98.0 cm³/mol. The molecule has 4 aromatic rings. The van der Waals surface area contributed by atoms with Crippen molar-refractivity contribution in [2.75, 3.05) is 12.4 Å². The first kappa shape index (κ1) is 16.6. The quantitative estimate of drug-likeness (QED) is 0.559. The summed E-state index contributed by atoms with van der Waals surface area (Å²) in [6.45, 7) is 0. The summed E-state index contributed by atoms with van der Waals surface area (Å²) < 4.78 is 15.6. The van der Waals surface area contributed by atoms with Crippen molar-refractivity contribution in [2.45, 2.75) is 0 Å². The van der Waals surface area contributed by atoms with Crippen LogP contribution in [0.3, 0.4) is 0 Å². The number of furan rings is 1. The summed E-state index contributed by atoms with van der Waals surface area (Å²) in [5.41, 5.74) is 0.935. The van der Waals surface area contributed by atoms with Crippen LogP contribution < -0.4 is 10.7 Å². The number of amides is 1. The molecule has 0 bridgehead atoms. The average Bonchev–Trinajstić information content (AvgIpc) is 3.13. The fourth-order valence-electron chi connectivity index (χ4n) is 2.71. The van der Waals surface area contributed by atoms with E-state index in [4.69, 9.17) is 8.83 Å². The van der Waals surface area contributed by atoms with Crippen molar-refractivity contribution in [3.63, 3.8) is 0 Å². The summed E-state index contributed by atoms with van der Waals surface area (Å²) in [6.07, 6.45) is 0. The number of rotatable bonds is 3. The minimum atomic E-state index is -0.546. The summed E-state index contributed by atoms with van der Waals surface area (Å²) in [6, 6.07) is 14.3. The molecular formula is C20H13NO6. The average molecular weight is 363 g/mol. The number of esters is 1. The van der Waals surface area contributed by atoms with Crippen molar-refractivity contribution in [1.29, 1.82) is 0 Å². The van der Waals surface area contributed by atoms with Crippen LogP contribution in [0.5, 0.6) is 0 Å². The maximum absolute atomic E-state index is 12.5. The van der Waals surface area contributed by atoms with Gasteiger partial charge in [0.25, 0.3) is 5.91 Å². The summed E-state index contributed by atoms with van der Waals surface area (Å²) in [4.78, 5) is 36.4. The molecule has 4 rings (SSSR count). The van der Waals surface area contributed by atoms with E-state index in [1.54, 1.807) is 36.4 Å². The third-order valence-electron chi connectivity index (χ3n) is 4.06. The van der Waals surface area contributed by atoms with Crippen LogP contribution in [-0.4, -0.2) is 19.0 Å². The standard InChI is InChI=1S/C20H13NO6/c1-25-19(24)11-6-8-12(9-7-11)21-18(23)16-10-14-17(22)13-4-2-3-5-15(13)26-20(14)27-16/h2-10H,1H3,(H,21,23). The van der Waals surface area contributed by atoms with E-state index in [1.165, 1.54) is 25.3 Å². The number of carbonyl (C=O) groups is 2. The number of hydrogen-bond acceptors (Lipinski definition) is 6. The molecule has 0 radical (unpaired) electrons. The van der Waals surface area contributed by atoms with Gasteiger partial charge >= 0.3 is 11.7 Å². The molecule has 0 aliphatic heterocycles. The normalized spacial score (nSPS) is 10.9. The molecular weight excluding hydrogens is 350 g/mol. The fourth-order valence-corrected chi connectivity index (χ4v) is 2.71. The molecule has 0 atom stereocenters. The molecule has 0 aliphatic carbocycles. The zero-order valence-corrected chi connectivity index (χ0v) is 14.1. The molecule has 7 heteroatoms. The van der Waals surface area contributed by atoms with E-state index >= 15 is 0 Å². The molecule has 134 valence electrons. The van der Waals surface area contributed by atoms with Crippen LogP contribution in [0.15, 0.2) is 68.2 Å². The molecule has 2 aromatic heterocycles. The lowest BCUT2D eigenvalue weighted by Gasteiger charge is -2.04. The molecule has 2 aromatic carbocycles. The summed E-state index contributed by atoms with van der Waals surface area (Å²) in [5.74, 6) is -1.08. The molecule has 0 fully saturated rings. The Hall–Kier alpha value is -3.87. The minimum absolute atomic E-state index is 0.00936. The Morgan fingerprint density at radius 2 is 1.70 bits per heavy atom. The fraction of sp³-hybridized carbons (Fsp3) is 0.0500. The number of ether oxygens (including phenoxy) is 1. The Kier molecular flexibility index (Phi) is 3.97. The van der Waals surface area contributed by atoms with Gasteiger partial charge in [0.1, 0.15) is 11.0 Å². The predicted octanol–water partition coefficient (Wildman–Crippen LogP) is 3.58. The molecule has 1 N–H and O–H groups in total. The largest absolute Gasteiger partial charge is 0.465 e. The molecule has 0 saturated heterocycles. The number of fused-ring (bicyclic) bond motifs is 2. The van der Waals surface area contributed by atoms with Crippen LogP contribution in [0.25, 0.3) is 22.1 Å². The maximum Gasteiger partial charge on any atom is 0.337 e. The van der Waals surface area contributed by atoms with Crippen molar-refractivity contribution < 1.29 is 23.2 Å². The third kappa shape index (κ3) is 2.95. The molecule has 0 saturated carbocycles. The van der Waals surface area contributed by atoms with E-state index in [9.17, 15) is 14.4 Å². The maximum atomic E-state index is 12.5. The third-order valence-corrected chi connectivity index (χ3v) is 4.06. The van der Waals surface area contributed by atoms with E-state index in [-0.39, 0.29) is 22.4 Å². The molecule has 1 amide bonds. The lowest BCUT2D eigenvalue weighted by atomic mass is 10.2. The highest BCUT2D eigenvalue weighted by molar-refractivity contribution is 6.05. The SMILES string of the molecule is COC(=O)c1ccc(NC(=O)c2cc3c(=O)c4ccccc4oc3o2)cc1. The van der Waals surface area contributed by atoms with Crippen molar-refractivity contribution >= 4 is 39.7 Å². The van der Waals surface area contributed by atoms with Gasteiger partial charge in [-0.15, -0.1) is 0 Å². The Labute approximate surface area is 152 Å². The van der Waals surface area contributed by atoms with Gasteiger partial charge < -0.3 is 18.9 Å². The van der Waals surface area contributed by atoms with E-state index in [2.05, 4.69) is 10.1 Å². The molecule has 0 aliphatic rings. The number of hydrogen-bond donors (Lipinski definition) is 1. The highest BCUT2D eigenvalue weighted by Gasteiger charge is 2.18. The lowest BCUT2D eigenvalue weighted by molar-refractivity contribution is 0.0600. The van der Waals surface area contributed by atoms with Crippen LogP contribution in [0.2, 0.25) is 0 Å². The van der Waals surface area contributed by atoms with Crippen molar-refractivity contribution in [3.8, 4) is 0 Å². The van der Waals surface area contributed by atoms with Crippen LogP contribution in [0, 0.1) is 0 Å². The highest BCUT2D eigenvalue weighted by Crippen LogP contribution is 2.22. The molecule has 7 nitrogen and oxygen atoms in total. The van der Waals surface area contributed by atoms with Crippen molar-refractivity contribution in [2.24, 2.45) is 0 Å². The first-order chi connectivity index (χ1) is 13.1. The van der Waals surface area contributed by atoms with Gasteiger partial charge in [0, 0.05) is 11.8 Å². The van der Waals surface area contributed by atoms with Gasteiger partial charge in [0.2, 0.25) is 5.43 Å². The highest BCUT2D eigenvalue weighted by atomic mass is 16.5. The lowest BCUT2D eigenvalue weighted by Crippen LogP contribution is -2.11. The minimum Gasteiger partial charge on any atom is -0.465 e. The number of benzene rings is 2. The second-order valence-corrected chi connectivity index (χ2v) is 5.76. The van der Waals surface area contributed by atoms with Gasteiger partial charge in [0.05, 0.1) is 18.1 Å². The Morgan fingerprint density at radius 1 is 0.963 bits per heavy atom. The molecule has 2 heterocycles. The first-order valence-corrected chi connectivity index (χ1v) is 8.02. The van der Waals surface area contributed by atoms with Gasteiger partial charge in [-0.2, -0.15) is 0 Å². The number of carbonyl (C=O) groups excluding carboxylic acids is 2. The van der Waals surface area contributed by atoms with Crippen LogP contribution in [0.1, 0.15) is 20.9 Å². The zero-order valence-electron chi connectivity index (χ0n) is 14.1. The monoisotopic (exact) mass is 363 g/mol. The van der Waals surface area contributed by atoms with Crippen LogP contribution in [-0.2, 0) is 4.74 Å². The van der Waals surface area contributed by atoms with Crippen LogP contribution in [0.4, 0.5) is 5.69 Å². The smallest absolute Gasteiger partial charge is 0.337 e. The Balaban J connectivity index is 1.65. The van der Waals surface area contributed by atoms with Crippen molar-refractivity contribution in [3.05, 3.63) is 76.1 Å². The molecule has 27 heavy (non-hydrogen) atoms. The van der Waals surface area contributed by atoms with Crippen LogP contribution >= 0.6 is 0 Å². The van der Waals surface area contributed by atoms with E-state index in [1.807, 2.05) is 0 Å².